The topological polar surface area (TPSA) is 75.9 Å². The smallest absolute Gasteiger partial charge is 0.224 e. The zero-order chi connectivity index (χ0) is 11.4. The molecule has 0 aliphatic heterocycles. The molecule has 0 bridgehead atoms. The predicted octanol–water partition coefficient (Wildman–Crippen LogP) is 1.84. The van der Waals surface area contributed by atoms with Crippen molar-refractivity contribution >= 4 is 23.1 Å². The van der Waals surface area contributed by atoms with Crippen LogP contribution in [0.1, 0.15) is 0 Å². The first-order chi connectivity index (χ1) is 7.79. The number of hydrogen-bond donors (Lipinski definition) is 3. The Morgan fingerprint density at radius 3 is 2.56 bits per heavy atom. The highest BCUT2D eigenvalue weighted by molar-refractivity contribution is 5.69. The molecular formula is C11H13N5. The van der Waals surface area contributed by atoms with Crippen molar-refractivity contribution in [2.24, 2.45) is 0 Å². The van der Waals surface area contributed by atoms with Crippen molar-refractivity contribution in [2.45, 2.75) is 0 Å². The van der Waals surface area contributed by atoms with Crippen LogP contribution in [0.4, 0.5) is 23.1 Å². The average Bonchev–Trinajstić information content (AvgIpc) is 2.33. The lowest BCUT2D eigenvalue weighted by Crippen LogP contribution is -2.03. The minimum Gasteiger partial charge on any atom is -0.382 e. The lowest BCUT2D eigenvalue weighted by atomic mass is 10.3. The second-order valence-electron chi connectivity index (χ2n) is 3.23. The number of nitrogen functional groups attached to an aromatic ring is 1. The van der Waals surface area contributed by atoms with E-state index in [4.69, 9.17) is 5.73 Å². The summed E-state index contributed by atoms with van der Waals surface area (Å²) in [5.41, 5.74) is 7.44. The molecule has 1 aromatic carbocycles. The van der Waals surface area contributed by atoms with Crippen LogP contribution in [0, 0.1) is 0 Å². The summed E-state index contributed by atoms with van der Waals surface area (Å²) in [4.78, 5) is 8.17. The Labute approximate surface area is 93.7 Å². The molecule has 0 radical (unpaired) electrons. The number of nitrogens with one attached hydrogen (secondary N) is 2. The molecule has 0 fully saturated rings. The van der Waals surface area contributed by atoms with Crippen LogP contribution in [0.5, 0.6) is 0 Å². The van der Waals surface area contributed by atoms with Gasteiger partial charge in [-0.25, -0.2) is 4.98 Å². The number of para-hydroxylation sites is 1. The van der Waals surface area contributed by atoms with E-state index in [0.29, 0.717) is 17.5 Å². The Bertz CT molecular complexity index is 469. The Balaban J connectivity index is 2.22. The number of anilines is 4. The quantitative estimate of drug-likeness (QED) is 0.728. The first kappa shape index (κ1) is 10.2. The summed E-state index contributed by atoms with van der Waals surface area (Å²) < 4.78 is 0. The van der Waals surface area contributed by atoms with Gasteiger partial charge in [-0.1, -0.05) is 18.2 Å². The third-order valence-corrected chi connectivity index (χ3v) is 2.09. The summed E-state index contributed by atoms with van der Waals surface area (Å²) in [7, 11) is 1.75. The van der Waals surface area contributed by atoms with Gasteiger partial charge in [0.2, 0.25) is 5.95 Å². The van der Waals surface area contributed by atoms with Crippen molar-refractivity contribution < 1.29 is 0 Å². The molecule has 1 aromatic heterocycles. The molecule has 5 nitrogen and oxygen atoms in total. The maximum atomic E-state index is 5.79. The minimum atomic E-state index is 0.420. The van der Waals surface area contributed by atoms with Gasteiger partial charge < -0.3 is 16.4 Å². The highest BCUT2D eigenvalue weighted by atomic mass is 15.1. The van der Waals surface area contributed by atoms with Crippen LogP contribution in [-0.2, 0) is 0 Å². The molecule has 2 rings (SSSR count). The third-order valence-electron chi connectivity index (χ3n) is 2.09. The van der Waals surface area contributed by atoms with E-state index in [1.165, 1.54) is 0 Å². The normalized spacial score (nSPS) is 9.81. The van der Waals surface area contributed by atoms with Gasteiger partial charge in [-0.2, -0.15) is 4.98 Å². The predicted molar refractivity (Wildman–Crippen MR) is 65.7 cm³/mol. The molecule has 0 unspecified atom stereocenters. The molecule has 0 aliphatic rings. The second kappa shape index (κ2) is 4.48. The molecule has 0 saturated heterocycles. The van der Waals surface area contributed by atoms with E-state index in [1.807, 2.05) is 30.3 Å². The maximum absolute atomic E-state index is 5.79. The first-order valence-electron chi connectivity index (χ1n) is 4.92. The van der Waals surface area contributed by atoms with Crippen molar-refractivity contribution in [1.29, 1.82) is 0 Å². The minimum absolute atomic E-state index is 0.420. The first-order valence-corrected chi connectivity index (χ1v) is 4.92. The Morgan fingerprint density at radius 1 is 1.19 bits per heavy atom. The van der Waals surface area contributed by atoms with Gasteiger partial charge in [-0.15, -0.1) is 0 Å². The van der Waals surface area contributed by atoms with Crippen LogP contribution in [0.25, 0.3) is 0 Å². The van der Waals surface area contributed by atoms with Gasteiger partial charge in [-0.05, 0) is 12.1 Å². The highest BCUT2D eigenvalue weighted by Gasteiger charge is 2.02. The van der Waals surface area contributed by atoms with E-state index in [9.17, 15) is 0 Å². The number of rotatable bonds is 3. The number of nitrogens with zero attached hydrogens (tertiary/aromatic N) is 2. The van der Waals surface area contributed by atoms with Crippen LogP contribution in [0.2, 0.25) is 0 Å². The standard InChI is InChI=1S/C11H13N5/c1-13-11-14-7-9(10(12)16-11)15-8-5-3-2-4-6-8/h2-7,15H,1H3,(H3,12,13,14,16). The molecule has 5 heteroatoms. The van der Waals surface area contributed by atoms with E-state index in [1.54, 1.807) is 13.2 Å². The number of aromatic nitrogens is 2. The molecule has 0 saturated carbocycles. The van der Waals surface area contributed by atoms with E-state index in [2.05, 4.69) is 20.6 Å². The van der Waals surface area contributed by atoms with Gasteiger partial charge in [0.25, 0.3) is 0 Å². The molecule has 16 heavy (non-hydrogen) atoms. The van der Waals surface area contributed by atoms with Gasteiger partial charge in [-0.3, -0.25) is 0 Å². The zero-order valence-corrected chi connectivity index (χ0v) is 8.94. The van der Waals surface area contributed by atoms with E-state index in [-0.39, 0.29) is 0 Å². The molecule has 0 spiro atoms. The number of hydrogen-bond acceptors (Lipinski definition) is 5. The van der Waals surface area contributed by atoms with Crippen molar-refractivity contribution in [1.82, 2.24) is 9.97 Å². The fourth-order valence-electron chi connectivity index (χ4n) is 1.29. The Morgan fingerprint density at radius 2 is 1.94 bits per heavy atom. The van der Waals surface area contributed by atoms with Crippen LogP contribution in [-0.4, -0.2) is 17.0 Å². The van der Waals surface area contributed by atoms with Gasteiger partial charge >= 0.3 is 0 Å². The monoisotopic (exact) mass is 215 g/mol. The number of benzene rings is 1. The summed E-state index contributed by atoms with van der Waals surface area (Å²) in [6.07, 6.45) is 1.65. The van der Waals surface area contributed by atoms with Crippen molar-refractivity contribution in [2.75, 3.05) is 23.4 Å². The average molecular weight is 215 g/mol. The molecule has 4 N–H and O–H groups in total. The number of nitrogens with two attached hydrogens (primary N) is 1. The van der Waals surface area contributed by atoms with Crippen LogP contribution in [0.15, 0.2) is 36.5 Å². The maximum Gasteiger partial charge on any atom is 0.224 e. The molecule has 2 aromatic rings. The van der Waals surface area contributed by atoms with Crippen LogP contribution >= 0.6 is 0 Å². The van der Waals surface area contributed by atoms with Crippen molar-refractivity contribution in [3.05, 3.63) is 36.5 Å². The SMILES string of the molecule is CNc1ncc(Nc2ccccc2)c(N)n1. The largest absolute Gasteiger partial charge is 0.382 e. The third kappa shape index (κ3) is 2.20. The van der Waals surface area contributed by atoms with E-state index in [0.717, 1.165) is 5.69 Å². The molecular weight excluding hydrogens is 202 g/mol. The lowest BCUT2D eigenvalue weighted by Gasteiger charge is -2.08. The van der Waals surface area contributed by atoms with Crippen molar-refractivity contribution in [3.63, 3.8) is 0 Å². The van der Waals surface area contributed by atoms with Crippen molar-refractivity contribution in [3.8, 4) is 0 Å². The molecule has 0 aliphatic carbocycles. The molecule has 1 heterocycles. The van der Waals surface area contributed by atoms with Gasteiger partial charge in [0.05, 0.1) is 6.20 Å². The summed E-state index contributed by atoms with van der Waals surface area (Å²) >= 11 is 0. The fraction of sp³-hybridized carbons (Fsp3) is 0.0909. The fourth-order valence-corrected chi connectivity index (χ4v) is 1.29. The summed E-state index contributed by atoms with van der Waals surface area (Å²) in [5, 5.41) is 5.97. The summed E-state index contributed by atoms with van der Waals surface area (Å²) in [6, 6.07) is 9.74. The molecule has 0 atom stereocenters. The summed E-state index contributed by atoms with van der Waals surface area (Å²) in [5.74, 6) is 0.930. The Kier molecular flexibility index (Phi) is 2.86. The van der Waals surface area contributed by atoms with Gasteiger partial charge in [0, 0.05) is 12.7 Å². The Hall–Kier alpha value is -2.30. The summed E-state index contributed by atoms with van der Waals surface area (Å²) in [6.45, 7) is 0. The molecule has 0 amide bonds. The van der Waals surface area contributed by atoms with Crippen LogP contribution in [0.3, 0.4) is 0 Å². The van der Waals surface area contributed by atoms with Gasteiger partial charge in [0.15, 0.2) is 5.82 Å². The highest BCUT2D eigenvalue weighted by Crippen LogP contribution is 2.20. The van der Waals surface area contributed by atoms with Gasteiger partial charge in [0.1, 0.15) is 5.69 Å². The van der Waals surface area contributed by atoms with E-state index < -0.39 is 0 Å². The zero-order valence-electron chi connectivity index (χ0n) is 8.94. The van der Waals surface area contributed by atoms with Crippen LogP contribution < -0.4 is 16.4 Å². The lowest BCUT2D eigenvalue weighted by molar-refractivity contribution is 1.16. The second-order valence-corrected chi connectivity index (χ2v) is 3.23. The van der Waals surface area contributed by atoms with E-state index >= 15 is 0 Å². The molecule has 82 valence electrons.